The maximum absolute atomic E-state index is 12.8. The quantitative estimate of drug-likeness (QED) is 0.608. The third-order valence-corrected chi connectivity index (χ3v) is 5.60. The second-order valence-electron chi connectivity index (χ2n) is 6.67. The van der Waals surface area contributed by atoms with Gasteiger partial charge in [0.15, 0.2) is 4.80 Å². The SMILES string of the molecule is CCOC(=O)Cn1c(=NC(=O)c2ccc(C)cc2C)sc2cc(CC)ccc21. The molecule has 0 spiro atoms. The van der Waals surface area contributed by atoms with Gasteiger partial charge in [0.05, 0.1) is 16.8 Å². The third-order valence-electron chi connectivity index (χ3n) is 4.56. The van der Waals surface area contributed by atoms with Crippen LogP contribution in [0.25, 0.3) is 10.2 Å². The molecule has 0 bridgehead atoms. The van der Waals surface area contributed by atoms with Crippen molar-refractivity contribution in [2.45, 2.75) is 40.7 Å². The summed E-state index contributed by atoms with van der Waals surface area (Å²) in [5, 5.41) is 0. The molecule has 0 saturated heterocycles. The number of fused-ring (bicyclic) bond motifs is 1. The number of amides is 1. The normalized spacial score (nSPS) is 11.8. The zero-order valence-corrected chi connectivity index (χ0v) is 17.4. The lowest BCUT2D eigenvalue weighted by atomic mass is 10.1. The molecule has 28 heavy (non-hydrogen) atoms. The van der Waals surface area contributed by atoms with Crippen LogP contribution in [0, 0.1) is 13.8 Å². The Balaban J connectivity index is 2.13. The first-order chi connectivity index (χ1) is 13.4. The predicted octanol–water partition coefficient (Wildman–Crippen LogP) is 4.19. The minimum absolute atomic E-state index is 0.0261. The van der Waals surface area contributed by atoms with Crippen molar-refractivity contribution in [2.24, 2.45) is 4.99 Å². The van der Waals surface area contributed by atoms with E-state index in [9.17, 15) is 9.59 Å². The zero-order valence-electron chi connectivity index (χ0n) is 16.6. The summed E-state index contributed by atoms with van der Waals surface area (Å²) in [4.78, 5) is 29.8. The minimum Gasteiger partial charge on any atom is -0.465 e. The van der Waals surface area contributed by atoms with E-state index in [1.165, 1.54) is 16.9 Å². The summed E-state index contributed by atoms with van der Waals surface area (Å²) >= 11 is 1.41. The lowest BCUT2D eigenvalue weighted by Crippen LogP contribution is -2.23. The topological polar surface area (TPSA) is 60.7 Å². The maximum Gasteiger partial charge on any atom is 0.326 e. The molecule has 0 aliphatic carbocycles. The molecule has 3 aromatic rings. The van der Waals surface area contributed by atoms with Crippen molar-refractivity contribution in [3.05, 3.63) is 63.5 Å². The first-order valence-electron chi connectivity index (χ1n) is 9.37. The van der Waals surface area contributed by atoms with Gasteiger partial charge in [-0.3, -0.25) is 9.59 Å². The summed E-state index contributed by atoms with van der Waals surface area (Å²) in [5.41, 5.74) is 4.63. The van der Waals surface area contributed by atoms with Crippen molar-refractivity contribution < 1.29 is 14.3 Å². The van der Waals surface area contributed by atoms with E-state index in [0.29, 0.717) is 17.0 Å². The molecule has 0 unspecified atom stereocenters. The molecule has 5 nitrogen and oxygen atoms in total. The summed E-state index contributed by atoms with van der Waals surface area (Å²) in [6.45, 7) is 8.10. The lowest BCUT2D eigenvalue weighted by molar-refractivity contribution is -0.143. The first kappa shape index (κ1) is 20.0. The molecule has 0 aliphatic rings. The number of rotatable bonds is 5. The van der Waals surface area contributed by atoms with Crippen LogP contribution in [0.15, 0.2) is 41.4 Å². The van der Waals surface area contributed by atoms with Gasteiger partial charge < -0.3 is 9.30 Å². The average molecular weight is 397 g/mol. The second-order valence-corrected chi connectivity index (χ2v) is 7.68. The molecule has 0 atom stereocenters. The highest BCUT2D eigenvalue weighted by atomic mass is 32.1. The Morgan fingerprint density at radius 3 is 2.57 bits per heavy atom. The van der Waals surface area contributed by atoms with Crippen LogP contribution in [0.2, 0.25) is 0 Å². The average Bonchev–Trinajstić information content (AvgIpc) is 2.97. The monoisotopic (exact) mass is 396 g/mol. The second kappa shape index (κ2) is 8.52. The van der Waals surface area contributed by atoms with Crippen LogP contribution >= 0.6 is 11.3 Å². The van der Waals surface area contributed by atoms with Crippen LogP contribution in [-0.2, 0) is 22.5 Å². The minimum atomic E-state index is -0.345. The van der Waals surface area contributed by atoms with Gasteiger partial charge in [0.25, 0.3) is 5.91 Å². The van der Waals surface area contributed by atoms with Gasteiger partial charge in [-0.2, -0.15) is 4.99 Å². The molecule has 1 heterocycles. The van der Waals surface area contributed by atoms with Crippen LogP contribution in [-0.4, -0.2) is 23.1 Å². The van der Waals surface area contributed by atoms with Crippen molar-refractivity contribution in [1.82, 2.24) is 4.57 Å². The lowest BCUT2D eigenvalue weighted by Gasteiger charge is -2.06. The van der Waals surface area contributed by atoms with E-state index < -0.39 is 0 Å². The number of carbonyl (C=O) groups excluding carboxylic acids is 2. The Labute approximate surface area is 168 Å². The van der Waals surface area contributed by atoms with E-state index in [1.807, 2.05) is 38.1 Å². The first-order valence-corrected chi connectivity index (χ1v) is 10.2. The van der Waals surface area contributed by atoms with Gasteiger partial charge in [-0.25, -0.2) is 0 Å². The van der Waals surface area contributed by atoms with E-state index in [0.717, 1.165) is 27.8 Å². The van der Waals surface area contributed by atoms with E-state index in [2.05, 4.69) is 18.0 Å². The molecule has 0 fully saturated rings. The maximum atomic E-state index is 12.8. The molecular weight excluding hydrogens is 372 g/mol. The predicted molar refractivity (Wildman–Crippen MR) is 112 cm³/mol. The van der Waals surface area contributed by atoms with E-state index in [4.69, 9.17) is 4.74 Å². The summed E-state index contributed by atoms with van der Waals surface area (Å²) in [5.74, 6) is -0.653. The van der Waals surface area contributed by atoms with Crippen molar-refractivity contribution in [1.29, 1.82) is 0 Å². The fourth-order valence-corrected chi connectivity index (χ4v) is 4.20. The number of hydrogen-bond donors (Lipinski definition) is 0. The van der Waals surface area contributed by atoms with Crippen molar-refractivity contribution in [3.8, 4) is 0 Å². The smallest absolute Gasteiger partial charge is 0.326 e. The van der Waals surface area contributed by atoms with E-state index >= 15 is 0 Å². The summed E-state index contributed by atoms with van der Waals surface area (Å²) in [7, 11) is 0. The Morgan fingerprint density at radius 1 is 1.11 bits per heavy atom. The summed E-state index contributed by atoms with van der Waals surface area (Å²) in [6.07, 6.45) is 0.916. The standard InChI is InChI=1S/C22H24N2O3S/c1-5-16-8-10-18-19(12-16)28-22(24(18)13-20(25)27-6-2)23-21(26)17-9-7-14(3)11-15(17)4/h7-12H,5-6,13H2,1-4H3. The highest BCUT2D eigenvalue weighted by Gasteiger charge is 2.14. The largest absolute Gasteiger partial charge is 0.465 e. The highest BCUT2D eigenvalue weighted by Crippen LogP contribution is 2.20. The number of carbonyl (C=O) groups is 2. The Bertz CT molecular complexity index is 1110. The summed E-state index contributed by atoms with van der Waals surface area (Å²) in [6, 6.07) is 11.8. The molecule has 0 radical (unpaired) electrons. The molecule has 146 valence electrons. The molecule has 1 aromatic heterocycles. The Morgan fingerprint density at radius 2 is 1.89 bits per heavy atom. The molecule has 2 aromatic carbocycles. The number of hydrogen-bond acceptors (Lipinski definition) is 4. The van der Waals surface area contributed by atoms with Gasteiger partial charge >= 0.3 is 5.97 Å². The van der Waals surface area contributed by atoms with E-state index in [1.54, 1.807) is 17.6 Å². The number of esters is 1. The molecule has 0 saturated carbocycles. The number of thiazole rings is 1. The fraction of sp³-hybridized carbons (Fsp3) is 0.318. The van der Waals surface area contributed by atoms with Crippen LogP contribution in [0.5, 0.6) is 0 Å². The molecule has 1 amide bonds. The van der Waals surface area contributed by atoms with Gasteiger partial charge in [0.1, 0.15) is 6.54 Å². The molecule has 0 aliphatic heterocycles. The number of nitrogens with zero attached hydrogens (tertiary/aromatic N) is 2. The van der Waals surface area contributed by atoms with Crippen molar-refractivity contribution >= 4 is 33.4 Å². The van der Waals surface area contributed by atoms with Gasteiger partial charge in [0, 0.05) is 5.56 Å². The number of benzene rings is 2. The number of ether oxygens (including phenoxy) is 1. The van der Waals surface area contributed by atoms with Crippen molar-refractivity contribution in [3.63, 3.8) is 0 Å². The van der Waals surface area contributed by atoms with Gasteiger partial charge in [-0.1, -0.05) is 42.0 Å². The molecule has 3 rings (SSSR count). The van der Waals surface area contributed by atoms with Crippen LogP contribution in [0.4, 0.5) is 0 Å². The number of aromatic nitrogens is 1. The Hall–Kier alpha value is -2.73. The summed E-state index contributed by atoms with van der Waals surface area (Å²) < 4.78 is 7.86. The fourth-order valence-electron chi connectivity index (χ4n) is 3.11. The molecule has 6 heteroatoms. The van der Waals surface area contributed by atoms with Crippen LogP contribution < -0.4 is 4.80 Å². The molecule has 0 N–H and O–H groups in total. The highest BCUT2D eigenvalue weighted by molar-refractivity contribution is 7.16. The van der Waals surface area contributed by atoms with E-state index in [-0.39, 0.29) is 18.4 Å². The number of aryl methyl sites for hydroxylation is 3. The van der Waals surface area contributed by atoms with Crippen molar-refractivity contribution in [2.75, 3.05) is 6.61 Å². The van der Waals surface area contributed by atoms with Gasteiger partial charge in [-0.05, 0) is 56.5 Å². The van der Waals surface area contributed by atoms with Gasteiger partial charge in [0.2, 0.25) is 0 Å². The Kier molecular flexibility index (Phi) is 6.09. The molecular formula is C22H24N2O3S. The van der Waals surface area contributed by atoms with Crippen LogP contribution in [0.3, 0.4) is 0 Å². The zero-order chi connectivity index (χ0) is 20.3. The third kappa shape index (κ3) is 4.22. The van der Waals surface area contributed by atoms with Crippen LogP contribution in [0.1, 0.15) is 40.9 Å². The van der Waals surface area contributed by atoms with Gasteiger partial charge in [-0.15, -0.1) is 0 Å².